The molecule has 5 nitrogen and oxygen atoms in total. The van der Waals surface area contributed by atoms with Crippen molar-refractivity contribution in [1.29, 1.82) is 0 Å². The van der Waals surface area contributed by atoms with Gasteiger partial charge in [0.15, 0.2) is 19.7 Å². The molecule has 2 rings (SSSR count). The molecule has 19 heavy (non-hydrogen) atoms. The Morgan fingerprint density at radius 2 is 2.16 bits per heavy atom. The highest BCUT2D eigenvalue weighted by Crippen LogP contribution is 2.28. The van der Waals surface area contributed by atoms with Crippen molar-refractivity contribution in [3.05, 3.63) is 17.5 Å². The topological polar surface area (TPSA) is 80.3 Å². The van der Waals surface area contributed by atoms with E-state index in [9.17, 15) is 16.8 Å². The number of hydrogen-bond acceptors (Lipinski definition) is 6. The van der Waals surface area contributed by atoms with Crippen molar-refractivity contribution in [3.8, 4) is 0 Å². The largest absolute Gasteiger partial charge is 0.312 e. The number of hydrogen-bond donors (Lipinski definition) is 1. The van der Waals surface area contributed by atoms with Crippen molar-refractivity contribution in [2.24, 2.45) is 0 Å². The van der Waals surface area contributed by atoms with Crippen LogP contribution in [0.3, 0.4) is 0 Å². The van der Waals surface area contributed by atoms with Crippen LogP contribution in [0, 0.1) is 0 Å². The summed E-state index contributed by atoms with van der Waals surface area (Å²) in [7, 11) is -6.86. The van der Waals surface area contributed by atoms with Gasteiger partial charge in [-0.3, -0.25) is 0 Å². The Balaban J connectivity index is 2.31. The monoisotopic (exact) mass is 323 g/mol. The molecule has 1 aromatic heterocycles. The minimum absolute atomic E-state index is 0.0950. The first-order chi connectivity index (χ1) is 8.87. The SMILES string of the molecule is CCCN[C@@H]1CS(=O)(=O)C[C@H]1S(=O)(=O)c1cccs1. The predicted molar refractivity (Wildman–Crippen MR) is 76.0 cm³/mol. The van der Waals surface area contributed by atoms with E-state index in [1.54, 1.807) is 11.4 Å². The highest BCUT2D eigenvalue weighted by molar-refractivity contribution is 7.97. The first kappa shape index (κ1) is 15.0. The fourth-order valence-corrected chi connectivity index (χ4v) is 8.16. The third kappa shape index (κ3) is 3.18. The molecule has 2 heterocycles. The molecule has 1 N–H and O–H groups in total. The van der Waals surface area contributed by atoms with E-state index in [2.05, 4.69) is 5.32 Å². The van der Waals surface area contributed by atoms with Gasteiger partial charge in [-0.05, 0) is 24.4 Å². The first-order valence-electron chi connectivity index (χ1n) is 6.08. The van der Waals surface area contributed by atoms with Gasteiger partial charge in [0.25, 0.3) is 0 Å². The molecule has 0 amide bonds. The molecule has 0 bridgehead atoms. The van der Waals surface area contributed by atoms with Gasteiger partial charge in [0, 0.05) is 6.04 Å². The second-order valence-electron chi connectivity index (χ2n) is 4.65. The summed E-state index contributed by atoms with van der Waals surface area (Å²) in [5, 5.41) is 3.86. The molecule has 1 aromatic rings. The zero-order valence-corrected chi connectivity index (χ0v) is 13.0. The summed E-state index contributed by atoms with van der Waals surface area (Å²) < 4.78 is 48.6. The summed E-state index contributed by atoms with van der Waals surface area (Å²) in [5.41, 5.74) is 0. The van der Waals surface area contributed by atoms with E-state index >= 15 is 0 Å². The van der Waals surface area contributed by atoms with Crippen LogP contribution in [-0.4, -0.2) is 46.2 Å². The Hall–Kier alpha value is -0.440. The van der Waals surface area contributed by atoms with E-state index in [1.165, 1.54) is 6.07 Å². The summed E-state index contributed by atoms with van der Waals surface area (Å²) in [6.45, 7) is 2.58. The van der Waals surface area contributed by atoms with Gasteiger partial charge in [-0.2, -0.15) is 0 Å². The van der Waals surface area contributed by atoms with Crippen molar-refractivity contribution < 1.29 is 16.8 Å². The summed E-state index contributed by atoms with van der Waals surface area (Å²) >= 11 is 1.13. The Morgan fingerprint density at radius 1 is 1.42 bits per heavy atom. The third-order valence-corrected chi connectivity index (χ3v) is 8.71. The van der Waals surface area contributed by atoms with Crippen LogP contribution in [0.4, 0.5) is 0 Å². The van der Waals surface area contributed by atoms with Crippen LogP contribution in [0.15, 0.2) is 21.7 Å². The lowest BCUT2D eigenvalue weighted by Crippen LogP contribution is -2.43. The maximum Gasteiger partial charge on any atom is 0.193 e. The molecular weight excluding hydrogens is 306 g/mol. The molecule has 0 saturated carbocycles. The molecule has 8 heteroatoms. The zero-order valence-electron chi connectivity index (χ0n) is 10.6. The first-order valence-corrected chi connectivity index (χ1v) is 10.3. The van der Waals surface area contributed by atoms with Crippen molar-refractivity contribution in [2.75, 3.05) is 18.1 Å². The lowest BCUT2D eigenvalue weighted by Gasteiger charge is -2.18. The maximum absolute atomic E-state index is 12.5. The highest BCUT2D eigenvalue weighted by Gasteiger charge is 2.45. The smallest absolute Gasteiger partial charge is 0.193 e. The molecule has 0 unspecified atom stereocenters. The van der Waals surface area contributed by atoms with Crippen LogP contribution in [-0.2, 0) is 19.7 Å². The lowest BCUT2D eigenvalue weighted by atomic mass is 10.2. The minimum Gasteiger partial charge on any atom is -0.312 e. The maximum atomic E-state index is 12.5. The fraction of sp³-hybridized carbons (Fsp3) is 0.636. The average molecular weight is 323 g/mol. The molecule has 1 fully saturated rings. The van der Waals surface area contributed by atoms with Crippen molar-refractivity contribution in [3.63, 3.8) is 0 Å². The summed E-state index contributed by atoms with van der Waals surface area (Å²) in [6, 6.07) is 2.69. The molecule has 1 aliphatic rings. The number of rotatable bonds is 5. The molecule has 0 spiro atoms. The van der Waals surface area contributed by atoms with Gasteiger partial charge in [0.05, 0.1) is 16.8 Å². The van der Waals surface area contributed by atoms with E-state index in [1.807, 2.05) is 6.92 Å². The normalized spacial score (nSPS) is 26.6. The van der Waals surface area contributed by atoms with Gasteiger partial charge in [0.2, 0.25) is 0 Å². The molecule has 1 aliphatic heterocycles. The van der Waals surface area contributed by atoms with Crippen molar-refractivity contribution >= 4 is 31.0 Å². The van der Waals surface area contributed by atoms with Gasteiger partial charge < -0.3 is 5.32 Å². The van der Waals surface area contributed by atoms with Crippen molar-refractivity contribution in [2.45, 2.75) is 28.8 Å². The van der Waals surface area contributed by atoms with Crippen LogP contribution in [0.25, 0.3) is 0 Å². The minimum atomic E-state index is -3.57. The highest BCUT2D eigenvalue weighted by atomic mass is 32.2. The quantitative estimate of drug-likeness (QED) is 0.862. The van der Waals surface area contributed by atoms with Crippen molar-refractivity contribution in [1.82, 2.24) is 5.32 Å². The molecule has 0 radical (unpaired) electrons. The third-order valence-electron chi connectivity index (χ3n) is 3.13. The van der Waals surface area contributed by atoms with Crippen LogP contribution in [0.2, 0.25) is 0 Å². The Labute approximate surface area is 117 Å². The zero-order chi connectivity index (χ0) is 14.1. The van der Waals surface area contributed by atoms with Crippen LogP contribution in [0.5, 0.6) is 0 Å². The molecule has 2 atom stereocenters. The van der Waals surface area contributed by atoms with Gasteiger partial charge in [-0.1, -0.05) is 13.0 Å². The number of thiophene rings is 1. The van der Waals surface area contributed by atoms with Gasteiger partial charge in [-0.15, -0.1) is 11.3 Å². The van der Waals surface area contributed by atoms with E-state index in [0.29, 0.717) is 6.54 Å². The standard InChI is InChI=1S/C11H17NO4S3/c1-2-5-12-9-7-18(13,14)8-10(9)19(15,16)11-4-3-6-17-11/h3-4,6,9-10,12H,2,5,7-8H2,1H3/t9-,10-/m1/s1. The van der Waals surface area contributed by atoms with E-state index in [0.717, 1.165) is 17.8 Å². The van der Waals surface area contributed by atoms with Crippen LogP contribution >= 0.6 is 11.3 Å². The second kappa shape index (κ2) is 5.51. The summed E-state index contributed by atoms with van der Waals surface area (Å²) in [6.07, 6.45) is 0.836. The number of sulfone groups is 2. The van der Waals surface area contributed by atoms with E-state index < -0.39 is 31.0 Å². The molecule has 0 aliphatic carbocycles. The average Bonchev–Trinajstić information content (AvgIpc) is 2.94. The summed E-state index contributed by atoms with van der Waals surface area (Å²) in [5.74, 6) is -0.378. The molecule has 108 valence electrons. The number of nitrogens with one attached hydrogen (secondary N) is 1. The van der Waals surface area contributed by atoms with Gasteiger partial charge in [0.1, 0.15) is 4.21 Å². The van der Waals surface area contributed by atoms with Gasteiger partial charge in [-0.25, -0.2) is 16.8 Å². The van der Waals surface area contributed by atoms with Gasteiger partial charge >= 0.3 is 0 Å². The van der Waals surface area contributed by atoms with Crippen LogP contribution in [0.1, 0.15) is 13.3 Å². The molecule has 0 aromatic carbocycles. The molecule has 1 saturated heterocycles. The Morgan fingerprint density at radius 3 is 2.74 bits per heavy atom. The lowest BCUT2D eigenvalue weighted by molar-refractivity contribution is 0.526. The van der Waals surface area contributed by atoms with E-state index in [-0.39, 0.29) is 15.7 Å². The Kier molecular flexibility index (Phi) is 4.34. The molecular formula is C11H17NO4S3. The summed E-state index contributed by atoms with van der Waals surface area (Å²) in [4.78, 5) is 0. The fourth-order valence-electron chi connectivity index (χ4n) is 2.22. The predicted octanol–water partition coefficient (Wildman–Crippen LogP) is 0.687. The Bertz CT molecular complexity index is 619. The second-order valence-corrected chi connectivity index (χ2v) is 10.1. The van der Waals surface area contributed by atoms with E-state index in [4.69, 9.17) is 0 Å². The van der Waals surface area contributed by atoms with Crippen LogP contribution < -0.4 is 5.32 Å².